The third kappa shape index (κ3) is 2.81. The number of rotatable bonds is 5. The Balaban J connectivity index is 2.86. The molecule has 0 N–H and O–H groups in total. The highest BCUT2D eigenvalue weighted by Gasteiger charge is 2.12. The number of ether oxygens (including phenoxy) is 1. The van der Waals surface area contributed by atoms with Crippen LogP contribution in [0, 0.1) is 0 Å². The van der Waals surface area contributed by atoms with Crippen LogP contribution in [0.2, 0.25) is 0 Å². The zero-order chi connectivity index (χ0) is 10.4. The lowest BCUT2D eigenvalue weighted by atomic mass is 10.1. The van der Waals surface area contributed by atoms with Crippen molar-refractivity contribution in [3.63, 3.8) is 0 Å². The topological polar surface area (TPSA) is 9.23 Å². The SMILES string of the molecule is C=COC(CCC)c1ccccc1S. The Hall–Kier alpha value is -0.890. The molecule has 0 fully saturated rings. The highest BCUT2D eigenvalue weighted by Crippen LogP contribution is 2.27. The standard InChI is InChI=1S/C12H16OS/c1-3-7-11(13-4-2)10-8-5-6-9-12(10)14/h4-6,8-9,11,14H,2-3,7H2,1H3. The van der Waals surface area contributed by atoms with E-state index in [0.717, 1.165) is 23.3 Å². The second-order valence-electron chi connectivity index (χ2n) is 3.14. The molecule has 2 heteroatoms. The Bertz CT molecular complexity index is 296. The van der Waals surface area contributed by atoms with Crippen molar-refractivity contribution >= 4 is 12.6 Å². The summed E-state index contributed by atoms with van der Waals surface area (Å²) in [5, 5.41) is 0. The van der Waals surface area contributed by atoms with E-state index in [2.05, 4.69) is 26.1 Å². The van der Waals surface area contributed by atoms with Crippen molar-refractivity contribution in [1.82, 2.24) is 0 Å². The molecule has 0 saturated heterocycles. The van der Waals surface area contributed by atoms with Gasteiger partial charge in [0.1, 0.15) is 6.10 Å². The third-order valence-electron chi connectivity index (χ3n) is 2.09. The molecule has 76 valence electrons. The Morgan fingerprint density at radius 2 is 2.21 bits per heavy atom. The third-order valence-corrected chi connectivity index (χ3v) is 2.50. The van der Waals surface area contributed by atoms with E-state index in [-0.39, 0.29) is 6.10 Å². The lowest BCUT2D eigenvalue weighted by Crippen LogP contribution is -2.01. The molecule has 1 aromatic rings. The Labute approximate surface area is 91.2 Å². The van der Waals surface area contributed by atoms with Gasteiger partial charge in [0.25, 0.3) is 0 Å². The summed E-state index contributed by atoms with van der Waals surface area (Å²) in [4.78, 5) is 0.979. The van der Waals surface area contributed by atoms with Crippen LogP contribution in [-0.4, -0.2) is 0 Å². The first-order chi connectivity index (χ1) is 6.79. The summed E-state index contributed by atoms with van der Waals surface area (Å²) in [6.45, 7) is 5.73. The van der Waals surface area contributed by atoms with E-state index in [9.17, 15) is 0 Å². The fourth-order valence-electron chi connectivity index (χ4n) is 1.43. The maximum absolute atomic E-state index is 5.46. The van der Waals surface area contributed by atoms with Crippen molar-refractivity contribution in [2.75, 3.05) is 0 Å². The normalized spacial score (nSPS) is 12.1. The van der Waals surface area contributed by atoms with Gasteiger partial charge in [0.05, 0.1) is 6.26 Å². The van der Waals surface area contributed by atoms with E-state index in [1.54, 1.807) is 0 Å². The van der Waals surface area contributed by atoms with Crippen LogP contribution in [0.15, 0.2) is 42.0 Å². The van der Waals surface area contributed by atoms with Crippen molar-refractivity contribution in [2.45, 2.75) is 30.8 Å². The summed E-state index contributed by atoms with van der Waals surface area (Å²) < 4.78 is 5.46. The van der Waals surface area contributed by atoms with Gasteiger partial charge < -0.3 is 4.74 Å². The van der Waals surface area contributed by atoms with Gasteiger partial charge in [-0.05, 0) is 12.5 Å². The van der Waals surface area contributed by atoms with Crippen LogP contribution in [0.3, 0.4) is 0 Å². The molecule has 0 aliphatic heterocycles. The number of benzene rings is 1. The van der Waals surface area contributed by atoms with Gasteiger partial charge >= 0.3 is 0 Å². The smallest absolute Gasteiger partial charge is 0.124 e. The predicted molar refractivity (Wildman–Crippen MR) is 62.6 cm³/mol. The van der Waals surface area contributed by atoms with Crippen LogP contribution in [-0.2, 0) is 4.74 Å². The lowest BCUT2D eigenvalue weighted by molar-refractivity contribution is 0.134. The van der Waals surface area contributed by atoms with Crippen LogP contribution in [0.25, 0.3) is 0 Å². The molecule has 1 rings (SSSR count). The molecule has 1 unspecified atom stereocenters. The Kier molecular flexibility index (Phi) is 4.60. The zero-order valence-electron chi connectivity index (χ0n) is 8.44. The van der Waals surface area contributed by atoms with E-state index in [4.69, 9.17) is 4.74 Å². The van der Waals surface area contributed by atoms with E-state index in [0.29, 0.717) is 0 Å². The first kappa shape index (κ1) is 11.2. The van der Waals surface area contributed by atoms with Gasteiger partial charge in [-0.2, -0.15) is 0 Å². The average molecular weight is 208 g/mol. The summed E-state index contributed by atoms with van der Waals surface area (Å²) in [6, 6.07) is 8.01. The molecule has 0 spiro atoms. The van der Waals surface area contributed by atoms with Crippen molar-refractivity contribution in [2.24, 2.45) is 0 Å². The van der Waals surface area contributed by atoms with Crippen LogP contribution >= 0.6 is 12.6 Å². The van der Waals surface area contributed by atoms with E-state index in [1.165, 1.54) is 6.26 Å². The predicted octanol–water partition coefficient (Wildman–Crippen LogP) is 3.98. The molecule has 0 aliphatic carbocycles. The number of hydrogen-bond donors (Lipinski definition) is 1. The molecular formula is C12H16OS. The molecule has 1 aromatic carbocycles. The van der Waals surface area contributed by atoms with Gasteiger partial charge in [0.15, 0.2) is 0 Å². The summed E-state index contributed by atoms with van der Waals surface area (Å²) >= 11 is 4.41. The molecule has 0 aliphatic rings. The molecule has 1 nitrogen and oxygen atoms in total. The van der Waals surface area contributed by atoms with Crippen molar-refractivity contribution in [1.29, 1.82) is 0 Å². The first-order valence-corrected chi connectivity index (χ1v) is 5.28. The summed E-state index contributed by atoms with van der Waals surface area (Å²) in [7, 11) is 0. The first-order valence-electron chi connectivity index (χ1n) is 4.83. The van der Waals surface area contributed by atoms with Gasteiger partial charge in [-0.25, -0.2) is 0 Å². The molecule has 0 saturated carbocycles. The van der Waals surface area contributed by atoms with E-state index >= 15 is 0 Å². The molecular weight excluding hydrogens is 192 g/mol. The van der Waals surface area contributed by atoms with Crippen LogP contribution in [0.4, 0.5) is 0 Å². The maximum atomic E-state index is 5.46. The van der Waals surface area contributed by atoms with Gasteiger partial charge in [-0.3, -0.25) is 0 Å². The fraction of sp³-hybridized carbons (Fsp3) is 0.333. The number of thiol groups is 1. The molecule has 0 bridgehead atoms. The lowest BCUT2D eigenvalue weighted by Gasteiger charge is -2.17. The molecule has 14 heavy (non-hydrogen) atoms. The van der Waals surface area contributed by atoms with Gasteiger partial charge in [-0.1, -0.05) is 38.1 Å². The van der Waals surface area contributed by atoms with Crippen LogP contribution < -0.4 is 0 Å². The molecule has 1 atom stereocenters. The van der Waals surface area contributed by atoms with Crippen LogP contribution in [0.5, 0.6) is 0 Å². The second-order valence-corrected chi connectivity index (χ2v) is 3.62. The van der Waals surface area contributed by atoms with Gasteiger partial charge in [-0.15, -0.1) is 12.6 Å². The average Bonchev–Trinajstić information content (AvgIpc) is 2.18. The summed E-state index contributed by atoms with van der Waals surface area (Å²) in [6.07, 6.45) is 3.66. The highest BCUT2D eigenvalue weighted by atomic mass is 32.1. The summed E-state index contributed by atoms with van der Waals surface area (Å²) in [5.74, 6) is 0. The largest absolute Gasteiger partial charge is 0.494 e. The molecule has 0 amide bonds. The molecule has 0 radical (unpaired) electrons. The maximum Gasteiger partial charge on any atom is 0.124 e. The van der Waals surface area contributed by atoms with Crippen LogP contribution in [0.1, 0.15) is 31.4 Å². The Morgan fingerprint density at radius 3 is 2.79 bits per heavy atom. The fourth-order valence-corrected chi connectivity index (χ4v) is 1.74. The van der Waals surface area contributed by atoms with Gasteiger partial charge in [0.2, 0.25) is 0 Å². The minimum absolute atomic E-state index is 0.0891. The number of hydrogen-bond acceptors (Lipinski definition) is 2. The minimum Gasteiger partial charge on any atom is -0.494 e. The van der Waals surface area contributed by atoms with Crippen molar-refractivity contribution in [3.8, 4) is 0 Å². The highest BCUT2D eigenvalue weighted by molar-refractivity contribution is 7.80. The summed E-state index contributed by atoms with van der Waals surface area (Å²) in [5.41, 5.74) is 1.14. The van der Waals surface area contributed by atoms with Gasteiger partial charge in [0, 0.05) is 10.5 Å². The minimum atomic E-state index is 0.0891. The monoisotopic (exact) mass is 208 g/mol. The van der Waals surface area contributed by atoms with E-state index < -0.39 is 0 Å². The Morgan fingerprint density at radius 1 is 1.50 bits per heavy atom. The second kappa shape index (κ2) is 5.76. The zero-order valence-corrected chi connectivity index (χ0v) is 9.34. The van der Waals surface area contributed by atoms with Crippen molar-refractivity contribution in [3.05, 3.63) is 42.7 Å². The van der Waals surface area contributed by atoms with Crippen molar-refractivity contribution < 1.29 is 4.74 Å². The molecule has 0 aromatic heterocycles. The van der Waals surface area contributed by atoms with E-state index in [1.807, 2.05) is 24.3 Å². The quantitative estimate of drug-likeness (QED) is 0.569. The molecule has 0 heterocycles.